The van der Waals surface area contributed by atoms with E-state index in [1.54, 1.807) is 0 Å². The van der Waals surface area contributed by atoms with Gasteiger partial charge in [0.05, 0.1) is 0 Å². The van der Waals surface area contributed by atoms with Crippen molar-refractivity contribution in [2.45, 2.75) is 73.3 Å². The molecule has 0 heterocycles. The van der Waals surface area contributed by atoms with Crippen LogP contribution in [-0.4, -0.2) is 38.3 Å². The molecule has 0 bridgehead atoms. The molecule has 0 aliphatic heterocycles. The number of aliphatic imine (C=N–C) groups is 1. The van der Waals surface area contributed by atoms with E-state index in [1.807, 2.05) is 6.92 Å². The summed E-state index contributed by atoms with van der Waals surface area (Å²) in [5, 5.41) is 6.82. The van der Waals surface area contributed by atoms with Crippen molar-refractivity contribution in [1.29, 1.82) is 0 Å². The van der Waals surface area contributed by atoms with Crippen LogP contribution >= 0.6 is 0 Å². The first-order chi connectivity index (χ1) is 9.89. The molecule has 0 saturated carbocycles. The molecule has 0 spiro atoms. The van der Waals surface area contributed by atoms with E-state index in [0.717, 1.165) is 51.5 Å². The Balaban J connectivity index is 4.03. The second-order valence-corrected chi connectivity index (χ2v) is 6.81. The maximum absolute atomic E-state index is 5.34. The van der Waals surface area contributed by atoms with Crippen molar-refractivity contribution in [3.8, 4) is 0 Å². The SMILES string of the molecule is CCNC(=NCCCCOCC)NC(C)CCC(C)(C)C. The van der Waals surface area contributed by atoms with Gasteiger partial charge < -0.3 is 15.4 Å². The van der Waals surface area contributed by atoms with E-state index in [4.69, 9.17) is 4.74 Å². The molecule has 0 saturated heterocycles. The molecule has 4 heteroatoms. The van der Waals surface area contributed by atoms with E-state index in [9.17, 15) is 0 Å². The molecule has 0 aromatic heterocycles. The summed E-state index contributed by atoms with van der Waals surface area (Å²) in [6.07, 6.45) is 4.54. The van der Waals surface area contributed by atoms with Gasteiger partial charge in [0, 0.05) is 32.3 Å². The van der Waals surface area contributed by atoms with Gasteiger partial charge in [-0.1, -0.05) is 20.8 Å². The van der Waals surface area contributed by atoms with Crippen LogP contribution in [-0.2, 0) is 4.74 Å². The molecular formula is C17H37N3O. The van der Waals surface area contributed by atoms with Crippen molar-refractivity contribution in [1.82, 2.24) is 10.6 Å². The lowest BCUT2D eigenvalue weighted by atomic mass is 9.89. The molecule has 0 amide bonds. The van der Waals surface area contributed by atoms with Crippen LogP contribution in [0.2, 0.25) is 0 Å². The van der Waals surface area contributed by atoms with Gasteiger partial charge in [0.2, 0.25) is 0 Å². The zero-order chi connectivity index (χ0) is 16.1. The van der Waals surface area contributed by atoms with E-state index >= 15 is 0 Å². The van der Waals surface area contributed by atoms with Gasteiger partial charge in [-0.2, -0.15) is 0 Å². The van der Waals surface area contributed by atoms with Crippen molar-refractivity contribution in [3.63, 3.8) is 0 Å². The Labute approximate surface area is 132 Å². The molecule has 0 aromatic rings. The summed E-state index contributed by atoms with van der Waals surface area (Å²) in [5.41, 5.74) is 0.394. The molecule has 2 N–H and O–H groups in total. The highest BCUT2D eigenvalue weighted by atomic mass is 16.5. The fraction of sp³-hybridized carbons (Fsp3) is 0.941. The largest absolute Gasteiger partial charge is 0.382 e. The molecule has 1 unspecified atom stereocenters. The van der Waals surface area contributed by atoms with Gasteiger partial charge in [-0.25, -0.2) is 0 Å². The molecule has 0 aromatic carbocycles. The molecule has 0 aliphatic rings. The molecule has 0 fully saturated rings. The lowest BCUT2D eigenvalue weighted by Crippen LogP contribution is -2.42. The fourth-order valence-corrected chi connectivity index (χ4v) is 1.93. The number of guanidine groups is 1. The Morgan fingerprint density at radius 2 is 1.90 bits per heavy atom. The summed E-state index contributed by atoms with van der Waals surface area (Å²) >= 11 is 0. The Morgan fingerprint density at radius 1 is 1.19 bits per heavy atom. The van der Waals surface area contributed by atoms with E-state index in [1.165, 1.54) is 6.42 Å². The lowest BCUT2D eigenvalue weighted by molar-refractivity contribution is 0.144. The number of rotatable bonds is 10. The van der Waals surface area contributed by atoms with Crippen molar-refractivity contribution in [3.05, 3.63) is 0 Å². The summed E-state index contributed by atoms with van der Waals surface area (Å²) in [6.45, 7) is 16.6. The number of hydrogen-bond donors (Lipinski definition) is 2. The van der Waals surface area contributed by atoms with E-state index < -0.39 is 0 Å². The molecular weight excluding hydrogens is 262 g/mol. The van der Waals surface area contributed by atoms with Crippen LogP contribution in [0.1, 0.15) is 67.2 Å². The summed E-state index contributed by atoms with van der Waals surface area (Å²) in [7, 11) is 0. The first kappa shape index (κ1) is 20.2. The van der Waals surface area contributed by atoms with E-state index in [2.05, 4.69) is 50.2 Å². The van der Waals surface area contributed by atoms with Crippen LogP contribution in [0.25, 0.3) is 0 Å². The van der Waals surface area contributed by atoms with Crippen LogP contribution < -0.4 is 10.6 Å². The Bertz CT molecular complexity index is 272. The van der Waals surface area contributed by atoms with Gasteiger partial charge >= 0.3 is 0 Å². The maximum Gasteiger partial charge on any atom is 0.191 e. The fourth-order valence-electron chi connectivity index (χ4n) is 1.93. The van der Waals surface area contributed by atoms with Crippen molar-refractivity contribution < 1.29 is 4.74 Å². The molecule has 0 aliphatic carbocycles. The number of hydrogen-bond acceptors (Lipinski definition) is 2. The third-order valence-electron chi connectivity index (χ3n) is 3.23. The van der Waals surface area contributed by atoms with Crippen LogP contribution in [0.3, 0.4) is 0 Å². The molecule has 0 radical (unpaired) electrons. The standard InChI is InChI=1S/C17H37N3O/c1-7-18-16(19-13-9-10-14-21-8-2)20-15(3)11-12-17(4,5)6/h15H,7-14H2,1-6H3,(H2,18,19,20). The topological polar surface area (TPSA) is 45.7 Å². The van der Waals surface area contributed by atoms with Crippen molar-refractivity contribution >= 4 is 5.96 Å². The minimum atomic E-state index is 0.394. The third-order valence-corrected chi connectivity index (χ3v) is 3.23. The van der Waals surface area contributed by atoms with Crippen LogP contribution in [0.5, 0.6) is 0 Å². The zero-order valence-corrected chi connectivity index (χ0v) is 15.1. The second-order valence-electron chi connectivity index (χ2n) is 6.81. The maximum atomic E-state index is 5.34. The quantitative estimate of drug-likeness (QED) is 0.368. The highest BCUT2D eigenvalue weighted by Crippen LogP contribution is 2.21. The zero-order valence-electron chi connectivity index (χ0n) is 15.1. The monoisotopic (exact) mass is 299 g/mol. The smallest absolute Gasteiger partial charge is 0.191 e. The number of unbranched alkanes of at least 4 members (excludes halogenated alkanes) is 1. The molecule has 4 nitrogen and oxygen atoms in total. The van der Waals surface area contributed by atoms with Gasteiger partial charge in [0.15, 0.2) is 5.96 Å². The molecule has 21 heavy (non-hydrogen) atoms. The second kappa shape index (κ2) is 11.8. The average molecular weight is 300 g/mol. The summed E-state index contributed by atoms with van der Waals surface area (Å²) in [5.74, 6) is 0.940. The third kappa shape index (κ3) is 13.9. The van der Waals surface area contributed by atoms with E-state index in [-0.39, 0.29) is 0 Å². The van der Waals surface area contributed by atoms with E-state index in [0.29, 0.717) is 11.5 Å². The number of ether oxygens (including phenoxy) is 1. The summed E-state index contributed by atoms with van der Waals surface area (Å²) in [6, 6.07) is 0.449. The van der Waals surface area contributed by atoms with Crippen molar-refractivity contribution in [2.75, 3.05) is 26.3 Å². The van der Waals surface area contributed by atoms with Gasteiger partial charge in [-0.15, -0.1) is 0 Å². The van der Waals surface area contributed by atoms with Gasteiger partial charge in [0.25, 0.3) is 0 Å². The molecule has 1 atom stereocenters. The first-order valence-corrected chi connectivity index (χ1v) is 8.51. The predicted octanol–water partition coefficient (Wildman–Crippen LogP) is 3.57. The Kier molecular flexibility index (Phi) is 11.4. The average Bonchev–Trinajstić information content (AvgIpc) is 2.40. The summed E-state index contributed by atoms with van der Waals surface area (Å²) in [4.78, 5) is 4.63. The predicted molar refractivity (Wildman–Crippen MR) is 93.0 cm³/mol. The van der Waals surface area contributed by atoms with Crippen LogP contribution in [0.15, 0.2) is 4.99 Å². The van der Waals surface area contributed by atoms with Gasteiger partial charge in [0.1, 0.15) is 0 Å². The summed E-state index contributed by atoms with van der Waals surface area (Å²) < 4.78 is 5.34. The number of nitrogens with zero attached hydrogens (tertiary/aromatic N) is 1. The highest BCUT2D eigenvalue weighted by Gasteiger charge is 2.13. The van der Waals surface area contributed by atoms with Gasteiger partial charge in [-0.3, -0.25) is 4.99 Å². The number of nitrogens with one attached hydrogen (secondary N) is 2. The van der Waals surface area contributed by atoms with Crippen LogP contribution in [0, 0.1) is 5.41 Å². The van der Waals surface area contributed by atoms with Crippen molar-refractivity contribution in [2.24, 2.45) is 10.4 Å². The Hall–Kier alpha value is -0.770. The van der Waals surface area contributed by atoms with Gasteiger partial charge in [-0.05, 0) is 51.9 Å². The van der Waals surface area contributed by atoms with Crippen LogP contribution in [0.4, 0.5) is 0 Å². The normalized spacial score (nSPS) is 14.1. The minimum Gasteiger partial charge on any atom is -0.382 e. The molecule has 0 rings (SSSR count). The Morgan fingerprint density at radius 3 is 2.48 bits per heavy atom. The highest BCUT2D eigenvalue weighted by molar-refractivity contribution is 5.79. The molecule has 126 valence electrons. The lowest BCUT2D eigenvalue weighted by Gasteiger charge is -2.23. The first-order valence-electron chi connectivity index (χ1n) is 8.51. The minimum absolute atomic E-state index is 0.394.